The van der Waals surface area contributed by atoms with Gasteiger partial charge in [0.25, 0.3) is 10.0 Å². The topological polar surface area (TPSA) is 110 Å². The Morgan fingerprint density at radius 1 is 0.946 bits per heavy atom. The molecule has 192 valence electrons. The van der Waals surface area contributed by atoms with E-state index in [1.54, 1.807) is 12.3 Å². The lowest BCUT2D eigenvalue weighted by Crippen LogP contribution is -2.20. The number of sulfonamides is 1. The number of ether oxygens (including phenoxy) is 2. The zero-order valence-corrected chi connectivity index (χ0v) is 19.9. The Morgan fingerprint density at radius 3 is 2.57 bits per heavy atom. The number of anilines is 1. The largest absolute Gasteiger partial charge is 0.454 e. The maximum absolute atomic E-state index is 13.1. The lowest BCUT2D eigenvalue weighted by atomic mass is 10.1. The van der Waals surface area contributed by atoms with Crippen molar-refractivity contribution in [1.82, 2.24) is 10.3 Å². The van der Waals surface area contributed by atoms with Crippen LogP contribution in [0.15, 0.2) is 76.6 Å². The molecule has 5 rings (SSSR count). The van der Waals surface area contributed by atoms with E-state index in [4.69, 9.17) is 9.47 Å². The van der Waals surface area contributed by atoms with Crippen LogP contribution in [0.3, 0.4) is 0 Å². The Balaban J connectivity index is 1.35. The number of H-pyrrole nitrogens is 1. The van der Waals surface area contributed by atoms with Gasteiger partial charge in [-0.3, -0.25) is 9.52 Å². The Morgan fingerprint density at radius 2 is 1.76 bits per heavy atom. The maximum Gasteiger partial charge on any atom is 0.416 e. The molecule has 8 nitrogen and oxygen atoms in total. The minimum Gasteiger partial charge on any atom is -0.454 e. The van der Waals surface area contributed by atoms with Gasteiger partial charge in [-0.25, -0.2) is 8.42 Å². The van der Waals surface area contributed by atoms with Crippen LogP contribution in [-0.4, -0.2) is 20.2 Å². The molecule has 3 N–H and O–H groups in total. The summed E-state index contributed by atoms with van der Waals surface area (Å²) in [6.07, 6.45) is -3.07. The molecule has 0 fully saturated rings. The molecule has 2 heterocycles. The number of fused-ring (bicyclic) bond motifs is 2. The Labute approximate surface area is 209 Å². The van der Waals surface area contributed by atoms with Gasteiger partial charge < -0.3 is 19.8 Å². The zero-order valence-electron chi connectivity index (χ0n) is 19.1. The number of rotatable bonds is 7. The van der Waals surface area contributed by atoms with Gasteiger partial charge in [-0.1, -0.05) is 12.1 Å². The molecule has 1 aliphatic rings. The zero-order chi connectivity index (χ0) is 26.2. The first-order valence-electron chi connectivity index (χ1n) is 11.0. The quantitative estimate of drug-likeness (QED) is 0.327. The SMILES string of the molecule is O=c1c(CNCc2ccc3c(c2)OCO3)c[nH]c2ccc(S(=O)(=O)Nc3cccc(C(F)(F)F)c3)cc12. The molecule has 0 saturated heterocycles. The summed E-state index contributed by atoms with van der Waals surface area (Å²) in [4.78, 5) is 15.8. The van der Waals surface area contributed by atoms with Gasteiger partial charge in [-0.15, -0.1) is 0 Å². The number of alkyl halides is 3. The molecule has 0 saturated carbocycles. The summed E-state index contributed by atoms with van der Waals surface area (Å²) in [5, 5.41) is 3.30. The van der Waals surface area contributed by atoms with Crippen LogP contribution in [0.1, 0.15) is 16.7 Å². The molecule has 0 aliphatic carbocycles. The van der Waals surface area contributed by atoms with Crippen molar-refractivity contribution in [2.24, 2.45) is 0 Å². The van der Waals surface area contributed by atoms with Crippen LogP contribution in [0.2, 0.25) is 0 Å². The number of aromatic nitrogens is 1. The van der Waals surface area contributed by atoms with Crippen molar-refractivity contribution in [3.63, 3.8) is 0 Å². The first kappa shape index (κ1) is 24.7. The molecule has 0 unspecified atom stereocenters. The highest BCUT2D eigenvalue weighted by molar-refractivity contribution is 7.92. The summed E-state index contributed by atoms with van der Waals surface area (Å²) in [5.74, 6) is 1.32. The summed E-state index contributed by atoms with van der Waals surface area (Å²) in [7, 11) is -4.26. The summed E-state index contributed by atoms with van der Waals surface area (Å²) in [5.41, 5.74) is 0.126. The van der Waals surface area contributed by atoms with Gasteiger partial charge in [-0.05, 0) is 54.1 Å². The molecule has 0 radical (unpaired) electrons. The van der Waals surface area contributed by atoms with E-state index in [-0.39, 0.29) is 34.7 Å². The number of hydrogen-bond acceptors (Lipinski definition) is 6. The van der Waals surface area contributed by atoms with Crippen molar-refractivity contribution < 1.29 is 31.1 Å². The first-order valence-corrected chi connectivity index (χ1v) is 12.5. The summed E-state index contributed by atoms with van der Waals surface area (Å²) >= 11 is 0. The summed E-state index contributed by atoms with van der Waals surface area (Å²) < 4.78 is 77.5. The van der Waals surface area contributed by atoms with Crippen molar-refractivity contribution in [2.75, 3.05) is 11.5 Å². The minimum absolute atomic E-state index is 0.134. The monoisotopic (exact) mass is 531 g/mol. The van der Waals surface area contributed by atoms with Gasteiger partial charge in [0.15, 0.2) is 16.9 Å². The van der Waals surface area contributed by atoms with Crippen molar-refractivity contribution in [1.29, 1.82) is 0 Å². The van der Waals surface area contributed by atoms with Gasteiger partial charge >= 0.3 is 6.18 Å². The van der Waals surface area contributed by atoms with Crippen molar-refractivity contribution in [2.45, 2.75) is 24.2 Å². The van der Waals surface area contributed by atoms with E-state index >= 15 is 0 Å². The molecule has 0 bridgehead atoms. The number of hydrogen-bond donors (Lipinski definition) is 3. The second kappa shape index (κ2) is 9.45. The molecule has 1 aliphatic heterocycles. The van der Waals surface area contributed by atoms with Crippen molar-refractivity contribution in [3.05, 3.63) is 93.8 Å². The van der Waals surface area contributed by atoms with Gasteiger partial charge in [0.2, 0.25) is 6.79 Å². The molecular weight excluding hydrogens is 511 g/mol. The second-order valence-corrected chi connectivity index (χ2v) is 10.0. The van der Waals surface area contributed by atoms with E-state index in [0.717, 1.165) is 17.7 Å². The minimum atomic E-state index is -4.62. The molecule has 0 atom stereocenters. The van der Waals surface area contributed by atoms with Crippen LogP contribution < -0.4 is 24.9 Å². The molecule has 0 spiro atoms. The molecule has 12 heteroatoms. The third-order valence-electron chi connectivity index (χ3n) is 5.76. The maximum atomic E-state index is 13.1. The van der Waals surface area contributed by atoms with Crippen LogP contribution in [0, 0.1) is 0 Å². The third kappa shape index (κ3) is 5.25. The molecule has 4 aromatic rings. The molecule has 1 aromatic heterocycles. The number of halogens is 3. The van der Waals surface area contributed by atoms with Crippen molar-refractivity contribution >= 4 is 26.6 Å². The average molecular weight is 532 g/mol. The van der Waals surface area contributed by atoms with Crippen LogP contribution >= 0.6 is 0 Å². The molecule has 0 amide bonds. The predicted octanol–water partition coefficient (Wildman–Crippen LogP) is 4.37. The third-order valence-corrected chi connectivity index (χ3v) is 7.14. The van der Waals surface area contributed by atoms with E-state index in [9.17, 15) is 26.4 Å². The highest BCUT2D eigenvalue weighted by Gasteiger charge is 2.30. The Kier molecular flexibility index (Phi) is 6.30. The Hall–Kier alpha value is -4.03. The lowest BCUT2D eigenvalue weighted by molar-refractivity contribution is -0.137. The van der Waals surface area contributed by atoms with E-state index < -0.39 is 21.8 Å². The fraction of sp³-hybridized carbons (Fsp3) is 0.160. The van der Waals surface area contributed by atoms with Gasteiger partial charge in [0.1, 0.15) is 0 Å². The number of benzene rings is 3. The van der Waals surface area contributed by atoms with E-state index in [1.165, 1.54) is 24.3 Å². The number of aromatic amines is 1. The first-order chi connectivity index (χ1) is 17.6. The number of nitrogens with one attached hydrogen (secondary N) is 3. The van der Waals surface area contributed by atoms with Gasteiger partial charge in [0.05, 0.1) is 10.5 Å². The van der Waals surface area contributed by atoms with Crippen LogP contribution in [0.25, 0.3) is 10.9 Å². The fourth-order valence-electron chi connectivity index (χ4n) is 3.90. The summed E-state index contributed by atoms with van der Waals surface area (Å²) in [6, 6.07) is 13.3. The highest BCUT2D eigenvalue weighted by Crippen LogP contribution is 2.33. The summed E-state index contributed by atoms with van der Waals surface area (Å²) in [6.45, 7) is 0.828. The van der Waals surface area contributed by atoms with Crippen molar-refractivity contribution in [3.8, 4) is 11.5 Å². The molecule has 37 heavy (non-hydrogen) atoms. The van der Waals surface area contributed by atoms with E-state index in [2.05, 4.69) is 15.0 Å². The lowest BCUT2D eigenvalue weighted by Gasteiger charge is -2.12. The molecule has 3 aromatic carbocycles. The average Bonchev–Trinajstić information content (AvgIpc) is 3.33. The van der Waals surface area contributed by atoms with E-state index in [1.807, 2.05) is 12.1 Å². The molecular formula is C25H20F3N3O5S. The Bertz CT molecular complexity index is 1650. The smallest absolute Gasteiger partial charge is 0.416 e. The van der Waals surface area contributed by atoms with Crippen LogP contribution in [-0.2, 0) is 29.3 Å². The highest BCUT2D eigenvalue weighted by atomic mass is 32.2. The second-order valence-electron chi connectivity index (χ2n) is 8.33. The number of pyridine rings is 1. The standard InChI is InChI=1S/C25H20F3N3O5S/c26-25(27,28)17-2-1-3-18(9-17)31-37(33,34)19-5-6-21-20(10-19)24(32)16(13-30-21)12-29-11-15-4-7-22-23(8-15)36-14-35-22/h1-10,13,29,31H,11-12,14H2,(H,30,32). The predicted molar refractivity (Wildman–Crippen MR) is 130 cm³/mol. The van der Waals surface area contributed by atoms with Crippen LogP contribution in [0.5, 0.6) is 11.5 Å². The normalized spacial score (nSPS) is 13.2. The van der Waals surface area contributed by atoms with Gasteiger partial charge in [0, 0.05) is 41.4 Å². The van der Waals surface area contributed by atoms with Gasteiger partial charge in [-0.2, -0.15) is 13.2 Å². The fourth-order valence-corrected chi connectivity index (χ4v) is 4.98. The van der Waals surface area contributed by atoms with Crippen LogP contribution in [0.4, 0.5) is 18.9 Å². The van der Waals surface area contributed by atoms with E-state index in [0.29, 0.717) is 35.2 Å².